The Balaban J connectivity index is 0.000000161. The van der Waals surface area contributed by atoms with Gasteiger partial charge in [-0.1, -0.05) is 82.9 Å². The van der Waals surface area contributed by atoms with Gasteiger partial charge in [0.2, 0.25) is 17.3 Å². The van der Waals surface area contributed by atoms with Gasteiger partial charge in [-0.3, -0.25) is 48.5 Å². The Morgan fingerprint density at radius 1 is 0.404 bits per heavy atom. The summed E-state index contributed by atoms with van der Waals surface area (Å²) in [5.74, 6) is -1.82. The number of fused-ring (bicyclic) bond motifs is 3. The predicted molar refractivity (Wildman–Crippen MR) is 348 cm³/mol. The predicted octanol–water partition coefficient (Wildman–Crippen LogP) is 14.9. The number of nitrogens with one attached hydrogen (secondary N) is 3. The monoisotopic (exact) mass is 1500 g/mol. The minimum Gasteiger partial charge on any atom is -0.287 e. The molecule has 0 amide bonds. The number of aromatic nitrogens is 7. The number of alkyl halides is 9. The van der Waals surface area contributed by atoms with Gasteiger partial charge >= 0.3 is 18.5 Å². The maximum atomic E-state index is 13.3. The molecule has 3 aliphatic carbocycles. The van der Waals surface area contributed by atoms with Gasteiger partial charge in [0.05, 0.1) is 85.6 Å². The van der Waals surface area contributed by atoms with Crippen LogP contribution in [-0.2, 0) is 67.9 Å². The Morgan fingerprint density at radius 2 is 0.747 bits per heavy atom. The molecule has 6 heterocycles. The third-order valence-electron chi connectivity index (χ3n) is 14.5. The van der Waals surface area contributed by atoms with Crippen LogP contribution in [0.15, 0.2) is 155 Å². The fraction of sp³-hybridized carbons (Fsp3) is 0.125. The molecule has 35 heteroatoms. The number of pyridine rings is 5. The second-order valence-corrected chi connectivity index (χ2v) is 28.1. The molecule has 0 saturated carbocycles. The highest BCUT2D eigenvalue weighted by Gasteiger charge is 2.38. The topological polar surface area (TPSA) is 280 Å². The number of ketones is 3. The smallest absolute Gasteiger partial charge is 0.287 e. The van der Waals surface area contributed by atoms with Gasteiger partial charge in [0, 0.05) is 78.1 Å². The van der Waals surface area contributed by atoms with Crippen LogP contribution in [0, 0.1) is 13.8 Å². The molecule has 12 rings (SSSR count). The van der Waals surface area contributed by atoms with Crippen LogP contribution in [0.25, 0.3) is 18.2 Å². The fourth-order valence-corrected chi connectivity index (χ4v) is 14.0. The van der Waals surface area contributed by atoms with Gasteiger partial charge in [0.25, 0.3) is 30.1 Å². The molecule has 3 N–H and O–H groups in total. The summed E-state index contributed by atoms with van der Waals surface area (Å²) in [5.41, 5.74) is 0.0983. The van der Waals surface area contributed by atoms with Crippen molar-refractivity contribution in [3.63, 3.8) is 0 Å². The van der Waals surface area contributed by atoms with Crippen LogP contribution < -0.4 is 14.2 Å². The van der Waals surface area contributed by atoms with Crippen molar-refractivity contribution in [2.45, 2.75) is 66.3 Å². The minimum atomic E-state index is -4.86. The molecule has 0 unspecified atom stereocenters. The van der Waals surface area contributed by atoms with Crippen molar-refractivity contribution in [3.8, 4) is 0 Å². The molecule has 19 nitrogen and oxygen atoms in total. The number of rotatable bonds is 15. The second kappa shape index (κ2) is 28.0. The van der Waals surface area contributed by atoms with Crippen molar-refractivity contribution < 1.29 is 79.2 Å². The maximum absolute atomic E-state index is 13.3. The van der Waals surface area contributed by atoms with E-state index >= 15 is 0 Å². The van der Waals surface area contributed by atoms with E-state index in [1.165, 1.54) is 55.4 Å². The molecule has 510 valence electrons. The van der Waals surface area contributed by atoms with Crippen LogP contribution in [0.2, 0.25) is 20.1 Å². The lowest BCUT2D eigenvalue weighted by atomic mass is 10.0. The van der Waals surface area contributed by atoms with E-state index in [-0.39, 0.29) is 56.0 Å². The summed E-state index contributed by atoms with van der Waals surface area (Å²) < 4.78 is 203. The molecule has 0 aliphatic heterocycles. The van der Waals surface area contributed by atoms with Gasteiger partial charge in [-0.25, -0.2) is 40.2 Å². The first-order valence-corrected chi connectivity index (χ1v) is 34.1. The number of sulfonamides is 3. The summed E-state index contributed by atoms with van der Waals surface area (Å²) in [7, 11) is -13.6. The lowest BCUT2D eigenvalue weighted by Crippen LogP contribution is -2.19. The molecule has 0 bridgehead atoms. The highest BCUT2D eigenvalue weighted by Crippen LogP contribution is 2.40. The highest BCUT2D eigenvalue weighted by atomic mass is 35.5. The van der Waals surface area contributed by atoms with Crippen LogP contribution in [-0.4, -0.2) is 77.5 Å². The molecule has 0 spiro atoms. The van der Waals surface area contributed by atoms with E-state index in [0.717, 1.165) is 48.7 Å². The van der Waals surface area contributed by atoms with Crippen LogP contribution in [0.5, 0.6) is 0 Å². The number of anilines is 3. The van der Waals surface area contributed by atoms with Crippen molar-refractivity contribution >= 4 is 129 Å². The molecule has 0 atom stereocenters. The molecule has 0 saturated heterocycles. The molecule has 3 aliphatic rings. The first kappa shape index (κ1) is 72.2. The molecule has 9 aromatic rings. The number of hydrogen-bond donors (Lipinski definition) is 3. The molecule has 6 aromatic heterocycles. The van der Waals surface area contributed by atoms with Crippen LogP contribution in [0.4, 0.5) is 56.6 Å². The third-order valence-corrected chi connectivity index (χ3v) is 19.8. The number of aryl methyl sites for hydroxylation is 2. The van der Waals surface area contributed by atoms with Crippen molar-refractivity contribution in [2.24, 2.45) is 0 Å². The van der Waals surface area contributed by atoms with E-state index in [4.69, 9.17) is 46.4 Å². The Bertz CT molecular complexity index is 4780. The van der Waals surface area contributed by atoms with Gasteiger partial charge in [0.1, 0.15) is 29.1 Å². The molecule has 99 heavy (non-hydrogen) atoms. The summed E-state index contributed by atoms with van der Waals surface area (Å²) >= 11 is 22.7. The van der Waals surface area contributed by atoms with Crippen LogP contribution in [0.1, 0.15) is 110 Å². The van der Waals surface area contributed by atoms with E-state index in [2.05, 4.69) is 49.1 Å². The SMILES string of the molecule is Cc1cnc(C(=O)c2ccnc3c2C=CC3)c(NS(=O)(=O)c2ccc(Cl)c(C(F)(F)F)c2)c1.Cc1cnc(C(=O)c2ncnc3c2C=CC3)c(NS(=O)(=O)c2ccc(Cl)c(C(F)(F)F)c2)c1.O=C(c1ccnc2c1C=CC2)c1ncc(Cl)cc1NS(=O)(=O)c1ccc(Cl)c(C(F)(F)F)c1. The summed E-state index contributed by atoms with van der Waals surface area (Å²) in [6.07, 6.45) is 5.79. The van der Waals surface area contributed by atoms with E-state index in [9.17, 15) is 79.2 Å². The quantitative estimate of drug-likeness (QED) is 0.0635. The number of benzene rings is 3. The van der Waals surface area contributed by atoms with Crippen molar-refractivity contribution in [1.82, 2.24) is 34.9 Å². The normalized spacial score (nSPS) is 13.1. The zero-order valence-electron chi connectivity index (χ0n) is 50.1. The molecule has 0 fully saturated rings. The van der Waals surface area contributed by atoms with Crippen molar-refractivity contribution in [3.05, 3.63) is 256 Å². The first-order valence-electron chi connectivity index (χ1n) is 28.1. The number of nitrogens with zero attached hydrogens (tertiary/aromatic N) is 7. The Hall–Kier alpha value is -9.50. The largest absolute Gasteiger partial charge is 0.417 e. The number of allylic oxidation sites excluding steroid dienone is 3. The summed E-state index contributed by atoms with van der Waals surface area (Å²) in [4.78, 5) is 66.3. The Labute approximate surface area is 576 Å². The van der Waals surface area contributed by atoms with Gasteiger partial charge in [-0.2, -0.15) is 39.5 Å². The second-order valence-electron chi connectivity index (χ2n) is 21.4. The lowest BCUT2D eigenvalue weighted by molar-refractivity contribution is -0.138. The zero-order chi connectivity index (χ0) is 71.9. The van der Waals surface area contributed by atoms with Gasteiger partial charge < -0.3 is 0 Å². The Morgan fingerprint density at radius 3 is 1.13 bits per heavy atom. The van der Waals surface area contributed by atoms with E-state index < -0.39 is 112 Å². The lowest BCUT2D eigenvalue weighted by Gasteiger charge is -2.15. The fourth-order valence-electron chi connectivity index (χ4n) is 9.94. The van der Waals surface area contributed by atoms with Crippen molar-refractivity contribution in [1.29, 1.82) is 0 Å². The molecule has 3 aromatic carbocycles. The minimum absolute atomic E-state index is 0.0104. The van der Waals surface area contributed by atoms with Gasteiger partial charge in [-0.05, 0) is 110 Å². The third kappa shape index (κ3) is 16.0. The average Bonchev–Trinajstić information content (AvgIpc) is 1.36. The number of halogens is 13. The summed E-state index contributed by atoms with van der Waals surface area (Å²) in [6, 6.07) is 13.5. The van der Waals surface area contributed by atoms with Crippen molar-refractivity contribution in [2.75, 3.05) is 14.2 Å². The maximum Gasteiger partial charge on any atom is 0.417 e. The Kier molecular flexibility index (Phi) is 20.5. The van der Waals surface area contributed by atoms with Crippen LogP contribution in [0.3, 0.4) is 0 Å². The number of carbonyl (C=O) groups excluding carboxylic acids is 3. The summed E-state index contributed by atoms with van der Waals surface area (Å²) in [5, 5.41) is -1.91. The molecular weight excluding hydrogens is 1460 g/mol. The molecular formula is C64H41Cl4F9N10O9S3. The first-order chi connectivity index (χ1) is 46.4. The zero-order valence-corrected chi connectivity index (χ0v) is 55.5. The van der Waals surface area contributed by atoms with Gasteiger partial charge in [-0.15, -0.1) is 0 Å². The number of carbonyl (C=O) groups is 3. The van der Waals surface area contributed by atoms with Gasteiger partial charge in [0.15, 0.2) is 0 Å². The van der Waals surface area contributed by atoms with E-state index in [1.54, 1.807) is 38.2 Å². The molecule has 0 radical (unpaired) electrons. The van der Waals surface area contributed by atoms with E-state index in [0.29, 0.717) is 82.4 Å². The highest BCUT2D eigenvalue weighted by molar-refractivity contribution is 7.93. The van der Waals surface area contributed by atoms with E-state index in [1.807, 2.05) is 12.2 Å². The summed E-state index contributed by atoms with van der Waals surface area (Å²) in [6.45, 7) is 3.25. The number of hydrogen-bond acceptors (Lipinski definition) is 16. The van der Waals surface area contributed by atoms with Crippen LogP contribution >= 0.6 is 46.4 Å². The average molecular weight is 1500 g/mol. The standard InChI is InChI=1S/C22H15ClF3N3O3S.C21H12Cl2F3N3O3S.C21H14ClF3N4O3S/c1-12-9-19(29-33(31,32)13-5-6-17(23)16(10-13)22(24,25)26)20(28-11-12)21(30)15-7-8-27-18-4-2-3-14(15)18;22-11-8-18(29-33(31,32)12-4-5-16(23)15(9-12)21(24,25)26)19(28-10-11)20(30)14-6-7-27-17-3-1-2-13(14)17;1-11-7-17(29-33(31,32)12-5-6-15(22)14(8-12)21(23,24)25)19(26-9-11)20(30)18-13-3-2-4-16(13)27-10-28-18/h2-3,5-11,29H,4H2,1H3;1-2,4-10,29H,3H2;2-3,5-10,29H,4H2,1H3.